The number of pyridine rings is 1. The standard InChI is InChI=1S/C12H7BClF2NO/c13-8-5-9(14)7(4-10(8)15)6-18-12-3-1-2-11(16)17-12/h1-5H,6H2. The van der Waals surface area contributed by atoms with Gasteiger partial charge in [-0.3, -0.25) is 0 Å². The minimum absolute atomic E-state index is 0.0213. The highest BCUT2D eigenvalue weighted by Gasteiger charge is 2.07. The van der Waals surface area contributed by atoms with E-state index in [4.69, 9.17) is 24.2 Å². The van der Waals surface area contributed by atoms with Gasteiger partial charge in [0.2, 0.25) is 11.8 Å². The molecule has 90 valence electrons. The van der Waals surface area contributed by atoms with Crippen molar-refractivity contribution >= 4 is 24.9 Å². The molecular weight excluding hydrogens is 258 g/mol. The second-order valence-electron chi connectivity index (χ2n) is 3.55. The highest BCUT2D eigenvalue weighted by atomic mass is 35.5. The van der Waals surface area contributed by atoms with E-state index in [0.717, 1.165) is 0 Å². The molecule has 0 saturated heterocycles. The van der Waals surface area contributed by atoms with Gasteiger partial charge in [0, 0.05) is 16.7 Å². The Kier molecular flexibility index (Phi) is 3.82. The summed E-state index contributed by atoms with van der Waals surface area (Å²) in [5.41, 5.74) is 0.377. The van der Waals surface area contributed by atoms with Crippen LogP contribution in [-0.4, -0.2) is 12.8 Å². The van der Waals surface area contributed by atoms with Crippen LogP contribution in [0.1, 0.15) is 5.56 Å². The van der Waals surface area contributed by atoms with Gasteiger partial charge in [0.1, 0.15) is 20.3 Å². The molecule has 0 aliphatic heterocycles. The second kappa shape index (κ2) is 5.35. The Morgan fingerprint density at radius 2 is 2.06 bits per heavy atom. The molecule has 1 aromatic heterocycles. The molecular formula is C12H7BClF2NO. The quantitative estimate of drug-likeness (QED) is 0.628. The van der Waals surface area contributed by atoms with Crippen molar-refractivity contribution in [2.45, 2.75) is 6.61 Å². The van der Waals surface area contributed by atoms with Crippen LogP contribution in [-0.2, 0) is 6.61 Å². The summed E-state index contributed by atoms with van der Waals surface area (Å²) >= 11 is 5.88. The van der Waals surface area contributed by atoms with E-state index in [1.807, 2.05) is 0 Å². The monoisotopic (exact) mass is 265 g/mol. The van der Waals surface area contributed by atoms with Gasteiger partial charge in [-0.2, -0.15) is 9.37 Å². The summed E-state index contributed by atoms with van der Waals surface area (Å²) in [6, 6.07) is 6.63. The van der Waals surface area contributed by atoms with Crippen molar-refractivity contribution in [3.63, 3.8) is 0 Å². The molecule has 0 spiro atoms. The summed E-state index contributed by atoms with van der Waals surface area (Å²) in [7, 11) is 5.35. The van der Waals surface area contributed by atoms with Gasteiger partial charge in [0.25, 0.3) is 0 Å². The largest absolute Gasteiger partial charge is 0.473 e. The van der Waals surface area contributed by atoms with Crippen LogP contribution in [0.4, 0.5) is 8.78 Å². The first-order chi connectivity index (χ1) is 8.56. The minimum Gasteiger partial charge on any atom is -0.473 e. The Hall–Kier alpha value is -1.62. The fraction of sp³-hybridized carbons (Fsp3) is 0.0833. The van der Waals surface area contributed by atoms with Crippen molar-refractivity contribution in [1.29, 1.82) is 0 Å². The van der Waals surface area contributed by atoms with Gasteiger partial charge in [-0.15, -0.1) is 0 Å². The number of nitrogens with zero attached hydrogens (tertiary/aromatic N) is 1. The number of aromatic nitrogens is 1. The van der Waals surface area contributed by atoms with Crippen LogP contribution in [0, 0.1) is 11.8 Å². The molecule has 0 atom stereocenters. The van der Waals surface area contributed by atoms with Gasteiger partial charge in [-0.05, 0) is 18.2 Å². The molecule has 1 heterocycles. The highest BCUT2D eigenvalue weighted by Crippen LogP contribution is 2.18. The number of halogens is 3. The third-order valence-corrected chi connectivity index (χ3v) is 2.58. The molecule has 18 heavy (non-hydrogen) atoms. The van der Waals surface area contributed by atoms with Crippen LogP contribution in [0.25, 0.3) is 0 Å². The van der Waals surface area contributed by atoms with Gasteiger partial charge in [0.15, 0.2) is 0 Å². The third-order valence-electron chi connectivity index (χ3n) is 2.23. The first-order valence-corrected chi connectivity index (χ1v) is 5.43. The molecule has 2 rings (SSSR count). The summed E-state index contributed by atoms with van der Waals surface area (Å²) in [6.07, 6.45) is 0. The lowest BCUT2D eigenvalue weighted by atomic mass is 9.94. The Bertz CT molecular complexity index is 580. The normalized spacial score (nSPS) is 10.4. The Morgan fingerprint density at radius 3 is 2.78 bits per heavy atom. The zero-order valence-electron chi connectivity index (χ0n) is 9.16. The van der Waals surface area contributed by atoms with Gasteiger partial charge in [-0.25, -0.2) is 4.39 Å². The Balaban J connectivity index is 2.13. The van der Waals surface area contributed by atoms with E-state index in [9.17, 15) is 8.78 Å². The van der Waals surface area contributed by atoms with Crippen molar-refractivity contribution in [2.24, 2.45) is 0 Å². The minimum atomic E-state index is -0.651. The average molecular weight is 265 g/mol. The molecule has 0 saturated carbocycles. The molecule has 0 amide bonds. The van der Waals surface area contributed by atoms with E-state index >= 15 is 0 Å². The fourth-order valence-electron chi connectivity index (χ4n) is 1.34. The predicted octanol–water partition coefficient (Wildman–Crippen LogP) is 2.39. The lowest BCUT2D eigenvalue weighted by molar-refractivity contribution is 0.289. The van der Waals surface area contributed by atoms with Crippen molar-refractivity contribution < 1.29 is 13.5 Å². The maximum atomic E-state index is 13.2. The number of benzene rings is 1. The van der Waals surface area contributed by atoms with Gasteiger partial charge < -0.3 is 4.74 Å². The lowest BCUT2D eigenvalue weighted by Gasteiger charge is -2.08. The zero-order chi connectivity index (χ0) is 13.1. The van der Waals surface area contributed by atoms with Crippen molar-refractivity contribution in [1.82, 2.24) is 4.98 Å². The number of hydrogen-bond acceptors (Lipinski definition) is 2. The van der Waals surface area contributed by atoms with Crippen molar-refractivity contribution in [2.75, 3.05) is 0 Å². The summed E-state index contributed by atoms with van der Waals surface area (Å²) < 4.78 is 31.2. The Labute approximate surface area is 109 Å². The first kappa shape index (κ1) is 12.8. The SMILES string of the molecule is [B]c1cc(Cl)c(COc2cccc(F)n2)cc1F. The highest BCUT2D eigenvalue weighted by molar-refractivity contribution is 6.36. The lowest BCUT2D eigenvalue weighted by Crippen LogP contribution is -2.10. The molecule has 2 radical (unpaired) electrons. The molecule has 2 aromatic rings. The van der Waals surface area contributed by atoms with Gasteiger partial charge >= 0.3 is 0 Å². The van der Waals surface area contributed by atoms with Crippen molar-refractivity contribution in [3.05, 3.63) is 52.7 Å². The predicted molar refractivity (Wildman–Crippen MR) is 65.3 cm³/mol. The second-order valence-corrected chi connectivity index (χ2v) is 3.96. The summed E-state index contributed by atoms with van der Waals surface area (Å²) in [6.45, 7) is -0.0213. The van der Waals surface area contributed by atoms with E-state index in [1.54, 1.807) is 0 Å². The maximum absolute atomic E-state index is 13.2. The summed E-state index contributed by atoms with van der Waals surface area (Å²) in [5.74, 6) is -1.13. The number of ether oxygens (including phenoxy) is 1. The van der Waals surface area contributed by atoms with E-state index in [-0.39, 0.29) is 23.0 Å². The molecule has 0 unspecified atom stereocenters. The number of hydrogen-bond donors (Lipinski definition) is 0. The van der Waals surface area contributed by atoms with E-state index < -0.39 is 11.8 Å². The molecule has 0 fully saturated rings. The van der Waals surface area contributed by atoms with Gasteiger partial charge in [0.05, 0.1) is 0 Å². The molecule has 6 heteroatoms. The van der Waals surface area contributed by atoms with Gasteiger partial charge in [-0.1, -0.05) is 23.1 Å². The molecule has 2 nitrogen and oxygen atoms in total. The maximum Gasteiger partial charge on any atom is 0.216 e. The fourth-order valence-corrected chi connectivity index (χ4v) is 1.56. The van der Waals surface area contributed by atoms with E-state index in [0.29, 0.717) is 5.56 Å². The van der Waals surface area contributed by atoms with E-state index in [1.165, 1.54) is 30.3 Å². The smallest absolute Gasteiger partial charge is 0.216 e. The summed E-state index contributed by atoms with van der Waals surface area (Å²) in [5, 5.41) is 0.283. The third kappa shape index (κ3) is 2.98. The average Bonchev–Trinajstić information content (AvgIpc) is 2.32. The summed E-state index contributed by atoms with van der Waals surface area (Å²) in [4.78, 5) is 3.51. The topological polar surface area (TPSA) is 22.1 Å². The Morgan fingerprint density at radius 1 is 1.28 bits per heavy atom. The van der Waals surface area contributed by atoms with E-state index in [2.05, 4.69) is 4.98 Å². The van der Waals surface area contributed by atoms with Crippen LogP contribution >= 0.6 is 11.6 Å². The van der Waals surface area contributed by atoms with Crippen LogP contribution < -0.4 is 10.2 Å². The van der Waals surface area contributed by atoms with Crippen LogP contribution in [0.5, 0.6) is 5.88 Å². The van der Waals surface area contributed by atoms with Crippen molar-refractivity contribution in [3.8, 4) is 5.88 Å². The van der Waals surface area contributed by atoms with Crippen LogP contribution in [0.2, 0.25) is 5.02 Å². The first-order valence-electron chi connectivity index (χ1n) is 5.05. The molecule has 0 aliphatic carbocycles. The zero-order valence-corrected chi connectivity index (χ0v) is 9.92. The molecule has 0 bridgehead atoms. The number of rotatable bonds is 3. The molecule has 0 N–H and O–H groups in total. The van der Waals surface area contributed by atoms with Crippen LogP contribution in [0.3, 0.4) is 0 Å². The van der Waals surface area contributed by atoms with Crippen LogP contribution in [0.15, 0.2) is 30.3 Å². The molecule has 0 aliphatic rings. The molecule has 1 aromatic carbocycles.